The first-order chi connectivity index (χ1) is 7.53. The number of hydrogen-bond acceptors (Lipinski definition) is 2. The van der Waals surface area contributed by atoms with E-state index in [1.54, 1.807) is 0 Å². The van der Waals surface area contributed by atoms with Crippen LogP contribution in [-0.4, -0.2) is 29.7 Å². The second-order valence-electron chi connectivity index (χ2n) is 5.02. The number of carbonyl (C=O) groups excluding carboxylic acids is 1. The van der Waals surface area contributed by atoms with Gasteiger partial charge in [-0.1, -0.05) is 0 Å². The molecular formula is C11H18N2O3. The number of carboxylic acids is 1. The van der Waals surface area contributed by atoms with Gasteiger partial charge in [0.15, 0.2) is 0 Å². The van der Waals surface area contributed by atoms with Crippen molar-refractivity contribution in [2.45, 2.75) is 38.6 Å². The predicted molar refractivity (Wildman–Crippen MR) is 58.0 cm³/mol. The number of carboxylic acid groups (broad SMARTS) is 1. The van der Waals surface area contributed by atoms with E-state index < -0.39 is 12.0 Å². The predicted octanol–water partition coefficient (Wildman–Crippen LogP) is 0.949. The Morgan fingerprint density at radius 2 is 2.06 bits per heavy atom. The second kappa shape index (κ2) is 3.96. The Hall–Kier alpha value is -1.26. The first-order valence-corrected chi connectivity index (χ1v) is 5.81. The van der Waals surface area contributed by atoms with Gasteiger partial charge in [0, 0.05) is 6.54 Å². The second-order valence-corrected chi connectivity index (χ2v) is 5.02. The average molecular weight is 226 g/mol. The molecule has 0 aromatic carbocycles. The number of nitrogens with one attached hydrogen (secondary N) is 2. The SMILES string of the molecule is CC(NC(=O)NCC1(C2CC2)CC1)C(=O)O. The zero-order valence-corrected chi connectivity index (χ0v) is 9.45. The fraction of sp³-hybridized carbons (Fsp3) is 0.818. The molecule has 2 rings (SSSR count). The van der Waals surface area contributed by atoms with Gasteiger partial charge in [-0.3, -0.25) is 4.79 Å². The minimum atomic E-state index is -1.02. The Morgan fingerprint density at radius 3 is 2.50 bits per heavy atom. The van der Waals surface area contributed by atoms with Crippen molar-refractivity contribution in [2.75, 3.05) is 6.54 Å². The molecule has 5 nitrogen and oxygen atoms in total. The zero-order valence-electron chi connectivity index (χ0n) is 9.45. The summed E-state index contributed by atoms with van der Waals surface area (Å²) >= 11 is 0. The fourth-order valence-corrected chi connectivity index (χ4v) is 2.15. The van der Waals surface area contributed by atoms with E-state index in [0.717, 1.165) is 5.92 Å². The van der Waals surface area contributed by atoms with E-state index in [2.05, 4.69) is 10.6 Å². The molecule has 0 aromatic heterocycles. The van der Waals surface area contributed by atoms with Gasteiger partial charge in [0.25, 0.3) is 0 Å². The molecule has 0 aliphatic heterocycles. The molecule has 3 N–H and O–H groups in total. The molecule has 5 heteroatoms. The van der Waals surface area contributed by atoms with Gasteiger partial charge in [-0.05, 0) is 43.9 Å². The van der Waals surface area contributed by atoms with Crippen LogP contribution in [0.15, 0.2) is 0 Å². The van der Waals surface area contributed by atoms with E-state index >= 15 is 0 Å². The topological polar surface area (TPSA) is 78.4 Å². The average Bonchev–Trinajstić information content (AvgIpc) is 3.06. The first kappa shape index (κ1) is 11.2. The van der Waals surface area contributed by atoms with Crippen LogP contribution < -0.4 is 10.6 Å². The van der Waals surface area contributed by atoms with Gasteiger partial charge in [0.2, 0.25) is 0 Å². The van der Waals surface area contributed by atoms with Crippen molar-refractivity contribution in [3.63, 3.8) is 0 Å². The Labute approximate surface area is 94.6 Å². The summed E-state index contributed by atoms with van der Waals surface area (Å²) in [7, 11) is 0. The van der Waals surface area contributed by atoms with Crippen LogP contribution in [0.1, 0.15) is 32.6 Å². The maximum absolute atomic E-state index is 11.4. The van der Waals surface area contributed by atoms with Gasteiger partial charge in [0.1, 0.15) is 6.04 Å². The molecule has 90 valence electrons. The maximum atomic E-state index is 11.4. The fourth-order valence-electron chi connectivity index (χ4n) is 2.15. The minimum absolute atomic E-state index is 0.351. The highest BCUT2D eigenvalue weighted by molar-refractivity contribution is 5.82. The van der Waals surface area contributed by atoms with Gasteiger partial charge >= 0.3 is 12.0 Å². The lowest BCUT2D eigenvalue weighted by Crippen LogP contribution is -2.46. The van der Waals surface area contributed by atoms with Crippen molar-refractivity contribution < 1.29 is 14.7 Å². The number of amides is 2. The van der Waals surface area contributed by atoms with Gasteiger partial charge < -0.3 is 15.7 Å². The van der Waals surface area contributed by atoms with Gasteiger partial charge in [-0.15, -0.1) is 0 Å². The molecule has 2 aliphatic rings. The molecule has 16 heavy (non-hydrogen) atoms. The van der Waals surface area contributed by atoms with Crippen LogP contribution in [0.25, 0.3) is 0 Å². The molecule has 0 spiro atoms. The lowest BCUT2D eigenvalue weighted by atomic mass is 10.0. The van der Waals surface area contributed by atoms with E-state index in [-0.39, 0.29) is 6.03 Å². The van der Waals surface area contributed by atoms with E-state index in [0.29, 0.717) is 12.0 Å². The largest absolute Gasteiger partial charge is 0.480 e. The smallest absolute Gasteiger partial charge is 0.325 e. The molecular weight excluding hydrogens is 208 g/mol. The molecule has 0 bridgehead atoms. The molecule has 0 saturated heterocycles. The van der Waals surface area contributed by atoms with Gasteiger partial charge in [-0.25, -0.2) is 4.79 Å². The third kappa shape index (κ3) is 2.46. The van der Waals surface area contributed by atoms with Crippen LogP contribution >= 0.6 is 0 Å². The molecule has 0 radical (unpaired) electrons. The van der Waals surface area contributed by atoms with Gasteiger partial charge in [-0.2, -0.15) is 0 Å². The summed E-state index contributed by atoms with van der Waals surface area (Å²) in [4.78, 5) is 21.9. The number of aliphatic carboxylic acids is 1. The Morgan fingerprint density at radius 1 is 1.44 bits per heavy atom. The van der Waals surface area contributed by atoms with Crippen molar-refractivity contribution in [3.8, 4) is 0 Å². The number of hydrogen-bond donors (Lipinski definition) is 3. The quantitative estimate of drug-likeness (QED) is 0.653. The van der Waals surface area contributed by atoms with Gasteiger partial charge in [0.05, 0.1) is 0 Å². The highest BCUT2D eigenvalue weighted by Crippen LogP contribution is 2.60. The lowest BCUT2D eigenvalue weighted by Gasteiger charge is -2.16. The Bertz CT molecular complexity index is 308. The maximum Gasteiger partial charge on any atom is 0.325 e. The first-order valence-electron chi connectivity index (χ1n) is 5.81. The van der Waals surface area contributed by atoms with Crippen molar-refractivity contribution in [1.29, 1.82) is 0 Å². The van der Waals surface area contributed by atoms with E-state index in [1.807, 2.05) is 0 Å². The summed E-state index contributed by atoms with van der Waals surface area (Å²) in [5.41, 5.74) is 0.351. The molecule has 2 saturated carbocycles. The molecule has 1 atom stereocenters. The van der Waals surface area contributed by atoms with Crippen LogP contribution in [-0.2, 0) is 4.79 Å². The third-order valence-electron chi connectivity index (χ3n) is 3.65. The summed E-state index contributed by atoms with van der Waals surface area (Å²) in [6.45, 7) is 2.14. The number of carbonyl (C=O) groups is 2. The van der Waals surface area contributed by atoms with Crippen molar-refractivity contribution in [1.82, 2.24) is 10.6 Å². The monoisotopic (exact) mass is 226 g/mol. The summed E-state index contributed by atoms with van der Waals surface area (Å²) in [6.07, 6.45) is 4.97. The van der Waals surface area contributed by atoms with Crippen molar-refractivity contribution in [2.24, 2.45) is 11.3 Å². The van der Waals surface area contributed by atoms with E-state index in [9.17, 15) is 9.59 Å². The van der Waals surface area contributed by atoms with E-state index in [1.165, 1.54) is 32.6 Å². The van der Waals surface area contributed by atoms with Crippen LogP contribution in [0, 0.1) is 11.3 Å². The Balaban J connectivity index is 1.69. The van der Waals surface area contributed by atoms with Crippen LogP contribution in [0.5, 0.6) is 0 Å². The van der Waals surface area contributed by atoms with Crippen molar-refractivity contribution in [3.05, 3.63) is 0 Å². The van der Waals surface area contributed by atoms with Crippen molar-refractivity contribution >= 4 is 12.0 Å². The summed E-state index contributed by atoms with van der Waals surface area (Å²) < 4.78 is 0. The number of rotatable bonds is 5. The normalized spacial score (nSPS) is 23.3. The summed E-state index contributed by atoms with van der Waals surface area (Å²) in [6, 6.07) is -1.21. The molecule has 2 aliphatic carbocycles. The molecule has 2 amide bonds. The highest BCUT2D eigenvalue weighted by Gasteiger charge is 2.53. The van der Waals surface area contributed by atoms with Crippen LogP contribution in [0.2, 0.25) is 0 Å². The van der Waals surface area contributed by atoms with Crippen LogP contribution in [0.3, 0.4) is 0 Å². The minimum Gasteiger partial charge on any atom is -0.480 e. The molecule has 0 heterocycles. The molecule has 2 fully saturated rings. The Kier molecular flexibility index (Phi) is 2.78. The summed E-state index contributed by atoms with van der Waals surface area (Å²) in [5, 5.41) is 13.8. The molecule has 1 unspecified atom stereocenters. The summed E-state index contributed by atoms with van der Waals surface area (Å²) in [5.74, 6) is -0.219. The number of urea groups is 1. The lowest BCUT2D eigenvalue weighted by molar-refractivity contribution is -0.138. The van der Waals surface area contributed by atoms with Crippen LogP contribution in [0.4, 0.5) is 4.79 Å². The zero-order chi connectivity index (χ0) is 11.8. The molecule has 0 aromatic rings. The van der Waals surface area contributed by atoms with E-state index in [4.69, 9.17) is 5.11 Å². The standard InChI is InChI=1S/C11H18N2O3/c1-7(9(14)15)13-10(16)12-6-11(4-5-11)8-2-3-8/h7-8H,2-6H2,1H3,(H,14,15)(H2,12,13,16). The third-order valence-corrected chi connectivity index (χ3v) is 3.65. The highest BCUT2D eigenvalue weighted by atomic mass is 16.4.